The monoisotopic (exact) mass is 330 g/mol. The Kier molecular flexibility index (Phi) is 4.49. The van der Waals surface area contributed by atoms with Crippen LogP contribution >= 0.6 is 11.6 Å². The van der Waals surface area contributed by atoms with Gasteiger partial charge in [0, 0.05) is 37.7 Å². The van der Waals surface area contributed by atoms with E-state index in [1.54, 1.807) is 11.1 Å². The van der Waals surface area contributed by atoms with Crippen molar-refractivity contribution in [3.8, 4) is 0 Å². The Balaban J connectivity index is 1.61. The number of piperazine rings is 1. The van der Waals surface area contributed by atoms with Gasteiger partial charge in [-0.3, -0.25) is 4.90 Å². The molecule has 0 radical (unpaired) electrons. The lowest BCUT2D eigenvalue weighted by molar-refractivity contribution is 0.118. The number of nitrogens with one attached hydrogen (secondary N) is 1. The van der Waals surface area contributed by atoms with Crippen molar-refractivity contribution in [2.45, 2.75) is 38.5 Å². The van der Waals surface area contributed by atoms with E-state index in [0.717, 1.165) is 24.7 Å². The fraction of sp³-hybridized carbons (Fsp3) is 0.600. The Hall–Kier alpha value is -0.830. The van der Waals surface area contributed by atoms with Crippen LogP contribution in [0.15, 0.2) is 29.8 Å². The molecule has 124 valence electrons. The van der Waals surface area contributed by atoms with Crippen molar-refractivity contribution in [3.63, 3.8) is 0 Å². The zero-order chi connectivity index (χ0) is 15.7. The summed E-state index contributed by atoms with van der Waals surface area (Å²) in [7, 11) is 0. The first-order valence-electron chi connectivity index (χ1n) is 9.14. The Morgan fingerprint density at radius 1 is 1.04 bits per heavy atom. The number of allylic oxidation sites excluding steroid dienone is 1. The predicted octanol–water partition coefficient (Wildman–Crippen LogP) is 4.35. The quantitative estimate of drug-likeness (QED) is 0.886. The molecule has 1 spiro atoms. The SMILES string of the molecule is Clc1ccc(C2=C(CN3CCNCC3)CCC3(CCC3)C2)cc1. The average Bonchev–Trinajstić information content (AvgIpc) is 2.56. The molecule has 0 unspecified atom stereocenters. The summed E-state index contributed by atoms with van der Waals surface area (Å²) in [6, 6.07) is 8.56. The molecule has 2 fully saturated rings. The van der Waals surface area contributed by atoms with Crippen LogP contribution in [0.2, 0.25) is 5.02 Å². The zero-order valence-electron chi connectivity index (χ0n) is 13.9. The normalized spacial score (nSPS) is 24.7. The minimum absolute atomic E-state index is 0.627. The van der Waals surface area contributed by atoms with Gasteiger partial charge in [-0.2, -0.15) is 0 Å². The molecule has 0 amide bonds. The van der Waals surface area contributed by atoms with Crippen LogP contribution in [0.1, 0.15) is 44.1 Å². The first-order valence-corrected chi connectivity index (χ1v) is 9.52. The van der Waals surface area contributed by atoms with Crippen molar-refractivity contribution in [3.05, 3.63) is 40.4 Å². The Bertz CT molecular complexity index is 580. The fourth-order valence-electron chi connectivity index (χ4n) is 4.53. The number of nitrogens with zero attached hydrogens (tertiary/aromatic N) is 1. The van der Waals surface area contributed by atoms with Gasteiger partial charge in [0.25, 0.3) is 0 Å². The minimum atomic E-state index is 0.627. The van der Waals surface area contributed by atoms with Gasteiger partial charge in [0.05, 0.1) is 0 Å². The molecule has 4 rings (SSSR count). The van der Waals surface area contributed by atoms with E-state index in [4.69, 9.17) is 11.6 Å². The molecule has 3 heteroatoms. The van der Waals surface area contributed by atoms with Gasteiger partial charge in [0.15, 0.2) is 0 Å². The maximum absolute atomic E-state index is 6.11. The first-order chi connectivity index (χ1) is 11.2. The van der Waals surface area contributed by atoms with Crippen molar-refractivity contribution in [2.75, 3.05) is 32.7 Å². The van der Waals surface area contributed by atoms with E-state index in [2.05, 4.69) is 22.3 Å². The molecule has 1 saturated heterocycles. The first kappa shape index (κ1) is 15.7. The summed E-state index contributed by atoms with van der Waals surface area (Å²) in [5, 5.41) is 4.30. The van der Waals surface area contributed by atoms with E-state index in [1.165, 1.54) is 57.2 Å². The van der Waals surface area contributed by atoms with Crippen LogP contribution in [0.5, 0.6) is 0 Å². The van der Waals surface area contributed by atoms with Gasteiger partial charge in [-0.15, -0.1) is 0 Å². The van der Waals surface area contributed by atoms with Gasteiger partial charge >= 0.3 is 0 Å². The standard InChI is InChI=1S/C20H27ClN2/c21-18-4-2-16(3-5-18)19-14-20(7-1-8-20)9-6-17(19)15-23-12-10-22-11-13-23/h2-5,22H,1,6-15H2. The molecular formula is C20H27ClN2. The molecule has 0 aromatic heterocycles. The summed E-state index contributed by atoms with van der Waals surface area (Å²) in [5.74, 6) is 0. The van der Waals surface area contributed by atoms with Gasteiger partial charge in [0.1, 0.15) is 0 Å². The summed E-state index contributed by atoms with van der Waals surface area (Å²) in [6.07, 6.45) is 8.29. The molecule has 1 aromatic carbocycles. The van der Waals surface area contributed by atoms with Crippen molar-refractivity contribution < 1.29 is 0 Å². The van der Waals surface area contributed by atoms with Gasteiger partial charge in [-0.1, -0.05) is 35.7 Å². The van der Waals surface area contributed by atoms with Gasteiger partial charge in [-0.05, 0) is 60.8 Å². The Morgan fingerprint density at radius 2 is 1.78 bits per heavy atom. The summed E-state index contributed by atoms with van der Waals surface area (Å²) in [4.78, 5) is 2.63. The second-order valence-corrected chi connectivity index (χ2v) is 8.08. The van der Waals surface area contributed by atoms with Crippen molar-refractivity contribution in [1.82, 2.24) is 10.2 Å². The van der Waals surface area contributed by atoms with Gasteiger partial charge in [-0.25, -0.2) is 0 Å². The molecule has 1 saturated carbocycles. The predicted molar refractivity (Wildman–Crippen MR) is 97.8 cm³/mol. The van der Waals surface area contributed by atoms with E-state index >= 15 is 0 Å². The van der Waals surface area contributed by atoms with Crippen molar-refractivity contribution in [1.29, 1.82) is 0 Å². The second kappa shape index (κ2) is 6.58. The lowest BCUT2D eigenvalue weighted by Crippen LogP contribution is -2.44. The molecule has 1 aromatic rings. The lowest BCUT2D eigenvalue weighted by Gasteiger charge is -2.47. The Labute approximate surface area is 144 Å². The van der Waals surface area contributed by atoms with Crippen molar-refractivity contribution in [2.24, 2.45) is 5.41 Å². The molecule has 0 atom stereocenters. The lowest BCUT2D eigenvalue weighted by atomic mass is 9.59. The van der Waals surface area contributed by atoms with E-state index in [0.29, 0.717) is 5.41 Å². The summed E-state index contributed by atoms with van der Waals surface area (Å²) in [6.45, 7) is 5.79. The van der Waals surface area contributed by atoms with Crippen LogP contribution in [0.3, 0.4) is 0 Å². The van der Waals surface area contributed by atoms with Gasteiger partial charge in [0.2, 0.25) is 0 Å². The molecule has 2 nitrogen and oxygen atoms in total. The van der Waals surface area contributed by atoms with Crippen molar-refractivity contribution >= 4 is 17.2 Å². The summed E-state index contributed by atoms with van der Waals surface area (Å²) >= 11 is 6.11. The highest BCUT2D eigenvalue weighted by atomic mass is 35.5. The molecular weight excluding hydrogens is 304 g/mol. The number of benzene rings is 1. The average molecular weight is 331 g/mol. The summed E-state index contributed by atoms with van der Waals surface area (Å²) in [5.41, 5.74) is 5.35. The fourth-order valence-corrected chi connectivity index (χ4v) is 4.66. The molecule has 1 heterocycles. The third-order valence-corrected chi connectivity index (χ3v) is 6.42. The summed E-state index contributed by atoms with van der Waals surface area (Å²) < 4.78 is 0. The van der Waals surface area contributed by atoms with E-state index in [-0.39, 0.29) is 0 Å². The molecule has 0 bridgehead atoms. The van der Waals surface area contributed by atoms with E-state index < -0.39 is 0 Å². The number of hydrogen-bond acceptors (Lipinski definition) is 2. The van der Waals surface area contributed by atoms with Crippen LogP contribution in [-0.4, -0.2) is 37.6 Å². The zero-order valence-corrected chi connectivity index (χ0v) is 14.7. The Morgan fingerprint density at radius 3 is 2.43 bits per heavy atom. The number of rotatable bonds is 3. The molecule has 23 heavy (non-hydrogen) atoms. The van der Waals surface area contributed by atoms with Crippen LogP contribution in [0, 0.1) is 5.41 Å². The molecule has 2 aliphatic carbocycles. The highest BCUT2D eigenvalue weighted by Crippen LogP contribution is 2.55. The van der Waals surface area contributed by atoms with Crippen LogP contribution in [0.25, 0.3) is 5.57 Å². The van der Waals surface area contributed by atoms with E-state index in [9.17, 15) is 0 Å². The largest absolute Gasteiger partial charge is 0.314 e. The third kappa shape index (κ3) is 3.35. The number of hydrogen-bond donors (Lipinski definition) is 1. The maximum Gasteiger partial charge on any atom is 0.0406 e. The smallest absolute Gasteiger partial charge is 0.0406 e. The van der Waals surface area contributed by atoms with Crippen LogP contribution in [-0.2, 0) is 0 Å². The highest BCUT2D eigenvalue weighted by molar-refractivity contribution is 6.30. The minimum Gasteiger partial charge on any atom is -0.314 e. The van der Waals surface area contributed by atoms with E-state index in [1.807, 2.05) is 12.1 Å². The molecule has 1 aliphatic heterocycles. The van der Waals surface area contributed by atoms with Gasteiger partial charge < -0.3 is 5.32 Å². The maximum atomic E-state index is 6.11. The second-order valence-electron chi connectivity index (χ2n) is 7.65. The highest BCUT2D eigenvalue weighted by Gasteiger charge is 2.40. The third-order valence-electron chi connectivity index (χ3n) is 6.17. The molecule has 1 N–H and O–H groups in total. The van der Waals surface area contributed by atoms with Crippen LogP contribution < -0.4 is 5.32 Å². The van der Waals surface area contributed by atoms with Crippen LogP contribution in [0.4, 0.5) is 0 Å². The topological polar surface area (TPSA) is 15.3 Å². The molecule has 3 aliphatic rings. The number of halogens is 1.